The number of halogens is 1. The molecule has 0 saturated carbocycles. The first-order valence-corrected chi connectivity index (χ1v) is 5.53. The molecule has 0 bridgehead atoms. The van der Waals surface area contributed by atoms with E-state index in [9.17, 15) is 14.6 Å². The van der Waals surface area contributed by atoms with Crippen molar-refractivity contribution in [2.45, 2.75) is 24.5 Å². The fourth-order valence-electron chi connectivity index (χ4n) is 1.75. The van der Waals surface area contributed by atoms with Crippen molar-refractivity contribution in [3.8, 4) is 0 Å². The average Bonchev–Trinajstić information content (AvgIpc) is 2.61. The Morgan fingerprint density at radius 2 is 2.17 bits per heavy atom. The van der Waals surface area contributed by atoms with Crippen molar-refractivity contribution < 1.29 is 24.4 Å². The molecule has 1 aliphatic rings. The van der Waals surface area contributed by atoms with Crippen molar-refractivity contribution in [2.24, 2.45) is 0 Å². The highest BCUT2D eigenvalue weighted by Crippen LogP contribution is 2.29. The van der Waals surface area contributed by atoms with Crippen LogP contribution in [0.25, 0.3) is 0 Å². The molecule has 0 spiro atoms. The van der Waals surface area contributed by atoms with Gasteiger partial charge in [0.1, 0.15) is 18.3 Å². The van der Waals surface area contributed by atoms with E-state index in [1.54, 1.807) is 0 Å². The number of aromatic nitrogens is 2. The Labute approximate surface area is 106 Å². The van der Waals surface area contributed by atoms with Crippen molar-refractivity contribution in [1.29, 1.82) is 0 Å². The van der Waals surface area contributed by atoms with E-state index >= 15 is 0 Å². The lowest BCUT2D eigenvalue weighted by molar-refractivity contribution is -0.0544. The monoisotopic (exact) mass is 277 g/mol. The zero-order valence-corrected chi connectivity index (χ0v) is 9.92. The van der Waals surface area contributed by atoms with Gasteiger partial charge in [0.2, 0.25) is 4.77 Å². The van der Waals surface area contributed by atoms with Gasteiger partial charge in [-0.2, -0.15) is 4.98 Å². The van der Waals surface area contributed by atoms with Crippen LogP contribution in [0.3, 0.4) is 0 Å². The van der Waals surface area contributed by atoms with Gasteiger partial charge in [0.25, 0.3) is 0 Å². The summed E-state index contributed by atoms with van der Waals surface area (Å²) >= 11 is 4.87. The quantitative estimate of drug-likeness (QED) is 0.510. The largest absolute Gasteiger partial charge is 0.394 e. The van der Waals surface area contributed by atoms with Gasteiger partial charge in [-0.1, -0.05) is 0 Å². The third-order valence-corrected chi connectivity index (χ3v) is 3.03. The van der Waals surface area contributed by atoms with Gasteiger partial charge >= 0.3 is 0 Å². The summed E-state index contributed by atoms with van der Waals surface area (Å²) in [6, 6.07) is 0. The molecule has 1 saturated heterocycles. The molecule has 100 valence electrons. The van der Waals surface area contributed by atoms with Crippen LogP contribution in [0.5, 0.6) is 0 Å². The van der Waals surface area contributed by atoms with E-state index in [0.717, 1.165) is 10.8 Å². The summed E-state index contributed by atoms with van der Waals surface area (Å²) in [5.41, 5.74) is 5.24. The molecule has 9 heteroatoms. The molecule has 1 fully saturated rings. The fraction of sp³-hybridized carbons (Fsp3) is 0.556. The van der Waals surface area contributed by atoms with Crippen molar-refractivity contribution in [2.75, 3.05) is 12.3 Å². The normalized spacial score (nSPS) is 31.8. The number of aliphatic hydroxyl groups excluding tert-OH is 3. The lowest BCUT2D eigenvalue weighted by atomic mass is 10.1. The van der Waals surface area contributed by atoms with Crippen LogP contribution in [0, 0.1) is 10.6 Å². The summed E-state index contributed by atoms with van der Waals surface area (Å²) < 4.78 is 19.5. The molecule has 0 aromatic carbocycles. The van der Waals surface area contributed by atoms with E-state index in [2.05, 4.69) is 4.98 Å². The predicted molar refractivity (Wildman–Crippen MR) is 60.4 cm³/mol. The number of ether oxygens (including phenoxy) is 1. The number of nitrogens with two attached hydrogens (primary N) is 1. The number of nitrogens with zero attached hydrogens (tertiary/aromatic N) is 2. The van der Waals surface area contributed by atoms with Crippen LogP contribution < -0.4 is 5.73 Å². The summed E-state index contributed by atoms with van der Waals surface area (Å²) in [7, 11) is 0. The number of hydrogen-bond donors (Lipinski definition) is 4. The topological polar surface area (TPSA) is 114 Å². The second kappa shape index (κ2) is 4.86. The molecule has 5 N–H and O–H groups in total. The van der Waals surface area contributed by atoms with Gasteiger partial charge in [-0.15, -0.1) is 0 Å². The zero-order chi connectivity index (χ0) is 13.4. The molecule has 18 heavy (non-hydrogen) atoms. The maximum Gasteiger partial charge on any atom is 0.203 e. The Balaban J connectivity index is 2.39. The summed E-state index contributed by atoms with van der Waals surface area (Å²) in [5.74, 6) is -1.18. The molecule has 0 radical (unpaired) electrons. The summed E-state index contributed by atoms with van der Waals surface area (Å²) in [4.78, 5) is 3.57. The Morgan fingerprint density at radius 3 is 2.72 bits per heavy atom. The summed E-state index contributed by atoms with van der Waals surface area (Å²) in [5, 5.41) is 28.3. The van der Waals surface area contributed by atoms with Crippen molar-refractivity contribution in [3.05, 3.63) is 16.8 Å². The second-order valence-corrected chi connectivity index (χ2v) is 4.26. The van der Waals surface area contributed by atoms with Crippen LogP contribution in [-0.4, -0.2) is 49.8 Å². The number of hydrogen-bond acceptors (Lipinski definition) is 7. The van der Waals surface area contributed by atoms with Gasteiger partial charge in [-0.05, 0) is 12.2 Å². The Bertz CT molecular complexity index is 511. The van der Waals surface area contributed by atoms with Crippen molar-refractivity contribution >= 4 is 18.0 Å². The molecule has 1 aromatic rings. The van der Waals surface area contributed by atoms with E-state index in [-0.39, 0.29) is 10.6 Å². The Kier molecular flexibility index (Phi) is 3.59. The average molecular weight is 277 g/mol. The van der Waals surface area contributed by atoms with Crippen LogP contribution >= 0.6 is 12.2 Å². The van der Waals surface area contributed by atoms with Gasteiger partial charge in [-0.3, -0.25) is 4.57 Å². The highest BCUT2D eigenvalue weighted by molar-refractivity contribution is 7.71. The van der Waals surface area contributed by atoms with E-state index in [4.69, 9.17) is 27.8 Å². The minimum absolute atomic E-state index is 0.0938. The molecular weight excluding hydrogens is 265 g/mol. The standard InChI is InChI=1S/C9H12FN3O4S/c10-3-1-13(9(18)12-7(3)11)8-6(16)5(15)4(2-14)17-8/h1,4-6,8,14-16H,2H2,(H2,11,12,18)/t4-,5-,6+,8-/m1/s1. The molecule has 0 amide bonds. The lowest BCUT2D eigenvalue weighted by Crippen LogP contribution is -2.33. The predicted octanol–water partition coefficient (Wildman–Crippen LogP) is -1.05. The molecule has 2 heterocycles. The lowest BCUT2D eigenvalue weighted by Gasteiger charge is -2.18. The molecule has 4 atom stereocenters. The van der Waals surface area contributed by atoms with Crippen molar-refractivity contribution in [1.82, 2.24) is 9.55 Å². The van der Waals surface area contributed by atoms with E-state index in [0.29, 0.717) is 0 Å². The number of anilines is 1. The van der Waals surface area contributed by atoms with E-state index in [1.165, 1.54) is 0 Å². The second-order valence-electron chi connectivity index (χ2n) is 3.89. The fourth-order valence-corrected chi connectivity index (χ4v) is 2.00. The summed E-state index contributed by atoms with van der Waals surface area (Å²) in [6.07, 6.45) is -3.79. The van der Waals surface area contributed by atoms with Gasteiger partial charge in [0.15, 0.2) is 17.9 Å². The molecule has 1 aromatic heterocycles. The maximum atomic E-state index is 13.3. The first kappa shape index (κ1) is 13.3. The van der Waals surface area contributed by atoms with Crippen LogP contribution in [-0.2, 0) is 4.74 Å². The SMILES string of the molecule is Nc1nc(=S)n([C@@H]2O[C@H](CO)[C@@H](O)[C@@H]2O)cc1F. The Hall–Kier alpha value is -1.13. The molecule has 1 aliphatic heterocycles. The number of nitrogen functional groups attached to an aromatic ring is 1. The third-order valence-electron chi connectivity index (χ3n) is 2.73. The van der Waals surface area contributed by atoms with E-state index < -0.39 is 37.0 Å². The van der Waals surface area contributed by atoms with Crippen LogP contribution in [0.2, 0.25) is 0 Å². The minimum atomic E-state index is -1.35. The van der Waals surface area contributed by atoms with Crippen molar-refractivity contribution in [3.63, 3.8) is 0 Å². The minimum Gasteiger partial charge on any atom is -0.394 e. The van der Waals surface area contributed by atoms with Crippen LogP contribution in [0.15, 0.2) is 6.20 Å². The number of rotatable bonds is 2. The van der Waals surface area contributed by atoms with Gasteiger partial charge < -0.3 is 25.8 Å². The van der Waals surface area contributed by atoms with Gasteiger partial charge in [-0.25, -0.2) is 4.39 Å². The smallest absolute Gasteiger partial charge is 0.203 e. The molecule has 0 aliphatic carbocycles. The first-order chi connectivity index (χ1) is 8.45. The summed E-state index contributed by atoms with van der Waals surface area (Å²) in [6.45, 7) is -0.479. The van der Waals surface area contributed by atoms with E-state index in [1.807, 2.05) is 0 Å². The molecule has 7 nitrogen and oxygen atoms in total. The van der Waals surface area contributed by atoms with Crippen LogP contribution in [0.4, 0.5) is 10.2 Å². The first-order valence-electron chi connectivity index (χ1n) is 5.12. The number of aliphatic hydroxyl groups is 3. The zero-order valence-electron chi connectivity index (χ0n) is 9.10. The van der Waals surface area contributed by atoms with Crippen LogP contribution in [0.1, 0.15) is 6.23 Å². The highest BCUT2D eigenvalue weighted by Gasteiger charge is 2.43. The third kappa shape index (κ3) is 2.10. The maximum absolute atomic E-state index is 13.3. The van der Waals surface area contributed by atoms with Gasteiger partial charge in [0, 0.05) is 6.20 Å². The Morgan fingerprint density at radius 1 is 1.50 bits per heavy atom. The molecule has 0 unspecified atom stereocenters. The van der Waals surface area contributed by atoms with Gasteiger partial charge in [0.05, 0.1) is 6.61 Å². The highest BCUT2D eigenvalue weighted by atomic mass is 32.1. The molecular formula is C9H12FN3O4S. The molecule has 2 rings (SSSR count).